The van der Waals surface area contributed by atoms with E-state index in [2.05, 4.69) is 10.0 Å². The molecule has 0 spiro atoms. The third-order valence-electron chi connectivity index (χ3n) is 5.01. The Morgan fingerprint density at radius 2 is 1.63 bits per heavy atom. The average Bonchev–Trinajstić information content (AvgIpc) is 2.82. The van der Waals surface area contributed by atoms with E-state index in [0.717, 1.165) is 36.4 Å². The Morgan fingerprint density at radius 3 is 2.23 bits per heavy atom. The SMILES string of the molecule is COCC(NS(=O)(=O)c1ccc(F)cc1)C(=O)NCc1cccc(-c2ccc(C(F)(F)F)cc2)c1. The zero-order chi connectivity index (χ0) is 25.6. The van der Waals surface area contributed by atoms with Gasteiger partial charge in [-0.3, -0.25) is 4.79 Å². The summed E-state index contributed by atoms with van der Waals surface area (Å²) in [6, 6.07) is 14.4. The van der Waals surface area contributed by atoms with Gasteiger partial charge in [-0.25, -0.2) is 12.8 Å². The van der Waals surface area contributed by atoms with Crippen LogP contribution < -0.4 is 10.0 Å². The summed E-state index contributed by atoms with van der Waals surface area (Å²) in [5.74, 6) is -1.26. The van der Waals surface area contributed by atoms with E-state index in [1.807, 2.05) is 0 Å². The predicted molar refractivity (Wildman–Crippen MR) is 121 cm³/mol. The molecule has 11 heteroatoms. The summed E-state index contributed by atoms with van der Waals surface area (Å²) in [6.07, 6.45) is -4.43. The number of ether oxygens (including phenoxy) is 1. The molecule has 1 amide bonds. The number of halogens is 4. The molecule has 0 saturated carbocycles. The standard InChI is InChI=1S/C24H22F4N2O4S/c1-34-15-22(30-35(32,33)21-11-9-20(25)10-12-21)23(31)29-14-16-3-2-4-18(13-16)17-5-7-19(8-6-17)24(26,27)28/h2-13,22,30H,14-15H2,1H3,(H,29,31). The molecule has 0 bridgehead atoms. The predicted octanol–water partition coefficient (Wildman–Crippen LogP) is 4.12. The topological polar surface area (TPSA) is 84.5 Å². The summed E-state index contributed by atoms with van der Waals surface area (Å²) in [7, 11) is -2.82. The first kappa shape index (κ1) is 26.3. The highest BCUT2D eigenvalue weighted by atomic mass is 32.2. The number of alkyl halides is 3. The molecule has 0 aliphatic rings. The number of nitrogens with one attached hydrogen (secondary N) is 2. The fourth-order valence-corrected chi connectivity index (χ4v) is 4.40. The van der Waals surface area contributed by atoms with Crippen molar-refractivity contribution in [2.24, 2.45) is 0 Å². The summed E-state index contributed by atoms with van der Waals surface area (Å²) in [5, 5.41) is 2.62. The summed E-state index contributed by atoms with van der Waals surface area (Å²) in [6.45, 7) is -0.219. The first-order valence-electron chi connectivity index (χ1n) is 10.3. The summed E-state index contributed by atoms with van der Waals surface area (Å²) in [5.41, 5.74) is 1.11. The number of rotatable bonds is 9. The molecular weight excluding hydrogens is 488 g/mol. The highest BCUT2D eigenvalue weighted by molar-refractivity contribution is 7.89. The number of hydrogen-bond donors (Lipinski definition) is 2. The van der Waals surface area contributed by atoms with Crippen LogP contribution in [-0.4, -0.2) is 34.1 Å². The lowest BCUT2D eigenvalue weighted by atomic mass is 10.0. The lowest BCUT2D eigenvalue weighted by Crippen LogP contribution is -2.48. The van der Waals surface area contributed by atoms with Crippen LogP contribution in [0.15, 0.2) is 77.7 Å². The van der Waals surface area contributed by atoms with Crippen LogP contribution in [0.5, 0.6) is 0 Å². The van der Waals surface area contributed by atoms with E-state index in [-0.39, 0.29) is 18.0 Å². The number of carbonyl (C=O) groups is 1. The highest BCUT2D eigenvalue weighted by Gasteiger charge is 2.30. The lowest BCUT2D eigenvalue weighted by Gasteiger charge is -2.18. The fraction of sp³-hybridized carbons (Fsp3) is 0.208. The largest absolute Gasteiger partial charge is 0.416 e. The Bertz CT molecular complexity index is 1260. The maximum Gasteiger partial charge on any atom is 0.416 e. The maximum absolute atomic E-state index is 13.1. The third kappa shape index (κ3) is 7.10. The van der Waals surface area contributed by atoms with Crippen molar-refractivity contribution in [1.29, 1.82) is 0 Å². The zero-order valence-electron chi connectivity index (χ0n) is 18.5. The molecule has 1 atom stereocenters. The van der Waals surface area contributed by atoms with Crippen LogP contribution in [0.25, 0.3) is 11.1 Å². The molecule has 6 nitrogen and oxygen atoms in total. The van der Waals surface area contributed by atoms with Crippen molar-refractivity contribution in [3.8, 4) is 11.1 Å². The van der Waals surface area contributed by atoms with Crippen molar-refractivity contribution >= 4 is 15.9 Å². The van der Waals surface area contributed by atoms with Gasteiger partial charge in [0, 0.05) is 13.7 Å². The van der Waals surface area contributed by atoms with E-state index in [0.29, 0.717) is 16.7 Å². The van der Waals surface area contributed by atoms with Crippen LogP contribution in [-0.2, 0) is 32.3 Å². The number of methoxy groups -OCH3 is 1. The number of hydrogen-bond acceptors (Lipinski definition) is 4. The van der Waals surface area contributed by atoms with Crippen molar-refractivity contribution in [3.63, 3.8) is 0 Å². The lowest BCUT2D eigenvalue weighted by molar-refractivity contribution is -0.137. The van der Waals surface area contributed by atoms with E-state index in [4.69, 9.17) is 4.74 Å². The van der Waals surface area contributed by atoms with Crippen molar-refractivity contribution in [3.05, 3.63) is 89.7 Å². The summed E-state index contributed by atoms with van der Waals surface area (Å²) >= 11 is 0. The van der Waals surface area contributed by atoms with E-state index in [1.54, 1.807) is 24.3 Å². The molecule has 0 saturated heterocycles. The van der Waals surface area contributed by atoms with Crippen LogP contribution >= 0.6 is 0 Å². The summed E-state index contributed by atoms with van der Waals surface area (Å²) in [4.78, 5) is 12.5. The third-order valence-corrected chi connectivity index (χ3v) is 6.50. The average molecular weight is 511 g/mol. The van der Waals surface area contributed by atoms with Gasteiger partial charge < -0.3 is 10.1 Å². The Hall–Kier alpha value is -3.28. The second kappa shape index (κ2) is 11.0. The molecule has 1 unspecified atom stereocenters. The minimum Gasteiger partial charge on any atom is -0.382 e. The highest BCUT2D eigenvalue weighted by Crippen LogP contribution is 2.31. The van der Waals surface area contributed by atoms with Gasteiger partial charge in [0.15, 0.2) is 0 Å². The Morgan fingerprint density at radius 1 is 0.971 bits per heavy atom. The quantitative estimate of drug-likeness (QED) is 0.424. The molecule has 2 N–H and O–H groups in total. The van der Waals surface area contributed by atoms with E-state index < -0.39 is 39.5 Å². The zero-order valence-corrected chi connectivity index (χ0v) is 19.3. The van der Waals surface area contributed by atoms with Gasteiger partial charge in [0.05, 0.1) is 17.1 Å². The minimum absolute atomic E-state index is 0.0335. The molecule has 0 aliphatic carbocycles. The molecule has 35 heavy (non-hydrogen) atoms. The Kier molecular flexibility index (Phi) is 8.26. The van der Waals surface area contributed by atoms with Gasteiger partial charge in [0.1, 0.15) is 11.9 Å². The summed E-state index contributed by atoms with van der Waals surface area (Å²) < 4.78 is 83.8. The molecule has 3 aromatic rings. The minimum atomic E-state index is -4.43. The van der Waals surface area contributed by atoms with E-state index in [1.165, 1.54) is 19.2 Å². The van der Waals surface area contributed by atoms with Gasteiger partial charge in [-0.15, -0.1) is 0 Å². The smallest absolute Gasteiger partial charge is 0.382 e. The second-order valence-corrected chi connectivity index (χ2v) is 9.29. The van der Waals surface area contributed by atoms with Crippen molar-refractivity contribution in [2.75, 3.05) is 13.7 Å². The van der Waals surface area contributed by atoms with Gasteiger partial charge in [0.25, 0.3) is 0 Å². The molecular formula is C24H22F4N2O4S. The first-order chi connectivity index (χ1) is 16.5. The number of sulfonamides is 1. The second-order valence-electron chi connectivity index (χ2n) is 7.58. The van der Waals surface area contributed by atoms with Crippen molar-refractivity contribution in [1.82, 2.24) is 10.0 Å². The first-order valence-corrected chi connectivity index (χ1v) is 11.8. The number of carbonyl (C=O) groups excluding carboxylic acids is 1. The molecule has 0 aromatic heterocycles. The van der Waals surface area contributed by atoms with Crippen LogP contribution in [0.3, 0.4) is 0 Å². The van der Waals surface area contributed by atoms with Crippen molar-refractivity contribution < 1.29 is 35.5 Å². The van der Waals surface area contributed by atoms with Crippen LogP contribution in [0.1, 0.15) is 11.1 Å². The molecule has 186 valence electrons. The molecule has 3 aromatic carbocycles. The van der Waals surface area contributed by atoms with Gasteiger partial charge >= 0.3 is 6.18 Å². The molecule has 0 aliphatic heterocycles. The molecule has 0 heterocycles. The number of amides is 1. The van der Waals surface area contributed by atoms with Crippen LogP contribution in [0.2, 0.25) is 0 Å². The van der Waals surface area contributed by atoms with Gasteiger partial charge in [-0.05, 0) is 59.2 Å². The maximum atomic E-state index is 13.1. The van der Waals surface area contributed by atoms with Crippen LogP contribution in [0, 0.1) is 5.82 Å². The van der Waals surface area contributed by atoms with Crippen LogP contribution in [0.4, 0.5) is 17.6 Å². The number of benzene rings is 3. The molecule has 0 radical (unpaired) electrons. The fourth-order valence-electron chi connectivity index (χ4n) is 3.22. The van der Waals surface area contributed by atoms with Gasteiger partial charge in [-0.1, -0.05) is 30.3 Å². The van der Waals surface area contributed by atoms with Gasteiger partial charge in [0.2, 0.25) is 15.9 Å². The van der Waals surface area contributed by atoms with Crippen molar-refractivity contribution in [2.45, 2.75) is 23.7 Å². The Balaban J connectivity index is 1.68. The van der Waals surface area contributed by atoms with Gasteiger partial charge in [-0.2, -0.15) is 17.9 Å². The van der Waals surface area contributed by atoms with E-state index in [9.17, 15) is 30.8 Å². The molecule has 3 rings (SSSR count). The normalized spacial score (nSPS) is 12.8. The molecule has 0 fully saturated rings. The Labute approximate surface area is 200 Å². The van der Waals surface area contributed by atoms with E-state index >= 15 is 0 Å². The monoisotopic (exact) mass is 510 g/mol.